The third kappa shape index (κ3) is 7.77. The third-order valence-corrected chi connectivity index (χ3v) is 3.06. The summed E-state index contributed by atoms with van der Waals surface area (Å²) >= 11 is 0. The van der Waals surface area contributed by atoms with Crippen molar-refractivity contribution in [1.82, 2.24) is 0 Å². The Kier molecular flexibility index (Phi) is 11.5. The molecule has 0 fully saturated rings. The molecule has 124 valence electrons. The Hall–Kier alpha value is -0.680. The molecular weight excluding hydrogens is 268 g/mol. The second-order valence-electron chi connectivity index (χ2n) is 4.74. The summed E-state index contributed by atoms with van der Waals surface area (Å²) in [5.41, 5.74) is 3.23. The molecule has 0 aliphatic heterocycles. The van der Waals surface area contributed by atoms with E-state index in [9.17, 15) is 0 Å². The lowest BCUT2D eigenvalue weighted by atomic mass is 10.1. The van der Waals surface area contributed by atoms with Gasteiger partial charge < -0.3 is 18.9 Å². The number of rotatable bonds is 11. The Morgan fingerprint density at radius 1 is 0.714 bits per heavy atom. The van der Waals surface area contributed by atoms with Gasteiger partial charge in [-0.2, -0.15) is 0 Å². The molecule has 0 unspecified atom stereocenters. The molecule has 0 rings (SSSR count). The van der Waals surface area contributed by atoms with Gasteiger partial charge in [-0.1, -0.05) is 6.08 Å². The fraction of sp³-hybridized carbons (Fsp3) is 0.765. The van der Waals surface area contributed by atoms with E-state index in [-0.39, 0.29) is 12.6 Å². The molecule has 0 aromatic rings. The van der Waals surface area contributed by atoms with Crippen molar-refractivity contribution in [3.8, 4) is 0 Å². The number of hydrogen-bond acceptors (Lipinski definition) is 4. The molecule has 0 atom stereocenters. The van der Waals surface area contributed by atoms with Gasteiger partial charge in [0.25, 0.3) is 0 Å². The van der Waals surface area contributed by atoms with Gasteiger partial charge in [-0.3, -0.25) is 0 Å². The third-order valence-electron chi connectivity index (χ3n) is 3.06. The first-order valence-electron chi connectivity index (χ1n) is 7.83. The van der Waals surface area contributed by atoms with Crippen LogP contribution in [0.5, 0.6) is 0 Å². The van der Waals surface area contributed by atoms with Crippen molar-refractivity contribution in [3.63, 3.8) is 0 Å². The molecule has 21 heavy (non-hydrogen) atoms. The summed E-state index contributed by atoms with van der Waals surface area (Å²) in [5.74, 6) is 0. The molecule has 0 spiro atoms. The van der Waals surface area contributed by atoms with Gasteiger partial charge in [-0.25, -0.2) is 0 Å². The van der Waals surface area contributed by atoms with E-state index in [1.165, 1.54) is 0 Å². The Morgan fingerprint density at radius 2 is 1.10 bits per heavy atom. The molecule has 0 amide bonds. The Morgan fingerprint density at radius 3 is 1.48 bits per heavy atom. The minimum absolute atomic E-state index is 0.290. The minimum atomic E-state index is -0.291. The summed E-state index contributed by atoms with van der Waals surface area (Å²) in [7, 11) is 0. The molecule has 0 bridgehead atoms. The van der Waals surface area contributed by atoms with Crippen molar-refractivity contribution in [2.75, 3.05) is 26.4 Å². The second-order valence-corrected chi connectivity index (χ2v) is 4.74. The molecule has 0 aliphatic carbocycles. The molecule has 0 aromatic carbocycles. The first kappa shape index (κ1) is 20.3. The molecule has 4 heteroatoms. The zero-order chi connectivity index (χ0) is 16.3. The van der Waals surface area contributed by atoms with Gasteiger partial charge in [-0.05, 0) is 65.2 Å². The van der Waals surface area contributed by atoms with Crippen molar-refractivity contribution in [2.24, 2.45) is 0 Å². The molecule has 4 nitrogen and oxygen atoms in total. The normalized spacial score (nSPS) is 14.0. The van der Waals surface area contributed by atoms with Crippen LogP contribution >= 0.6 is 0 Å². The molecule has 0 heterocycles. The highest BCUT2D eigenvalue weighted by Crippen LogP contribution is 2.18. The zero-order valence-electron chi connectivity index (χ0n) is 14.7. The molecular formula is C17H32O4. The summed E-state index contributed by atoms with van der Waals surface area (Å²) < 4.78 is 22.5. The predicted molar refractivity (Wildman–Crippen MR) is 86.2 cm³/mol. The summed E-state index contributed by atoms with van der Waals surface area (Å²) in [6, 6.07) is 0. The van der Waals surface area contributed by atoms with E-state index in [4.69, 9.17) is 18.9 Å². The number of ether oxygens (including phenoxy) is 4. The van der Waals surface area contributed by atoms with Crippen molar-refractivity contribution in [2.45, 2.75) is 61.0 Å². The average molecular weight is 300 g/mol. The largest absolute Gasteiger partial charge is 0.349 e. The topological polar surface area (TPSA) is 36.9 Å². The van der Waals surface area contributed by atoms with Crippen molar-refractivity contribution < 1.29 is 18.9 Å². The van der Waals surface area contributed by atoms with Gasteiger partial charge in [0, 0.05) is 26.4 Å². The van der Waals surface area contributed by atoms with Gasteiger partial charge in [0.15, 0.2) is 12.6 Å². The maximum atomic E-state index is 5.63. The van der Waals surface area contributed by atoms with E-state index in [0.717, 1.165) is 16.7 Å². The van der Waals surface area contributed by atoms with Crippen LogP contribution in [0.25, 0.3) is 0 Å². The fourth-order valence-electron chi connectivity index (χ4n) is 1.92. The fourth-order valence-corrected chi connectivity index (χ4v) is 1.92. The van der Waals surface area contributed by atoms with Crippen molar-refractivity contribution >= 4 is 0 Å². The van der Waals surface area contributed by atoms with Crippen LogP contribution in [0.4, 0.5) is 0 Å². The van der Waals surface area contributed by atoms with Gasteiger partial charge in [0.05, 0.1) is 0 Å². The maximum Gasteiger partial charge on any atom is 0.180 e. The van der Waals surface area contributed by atoms with Crippen LogP contribution in [0.3, 0.4) is 0 Å². The van der Waals surface area contributed by atoms with E-state index in [0.29, 0.717) is 26.4 Å². The van der Waals surface area contributed by atoms with Crippen LogP contribution in [0.2, 0.25) is 0 Å². The summed E-state index contributed by atoms with van der Waals surface area (Å²) in [6.45, 7) is 16.5. The molecule has 0 aromatic heterocycles. The lowest BCUT2D eigenvalue weighted by molar-refractivity contribution is -0.112. The standard InChI is InChI=1S/C17H32O4/c1-8-18-16(19-9-2)14(6)12-13(5)15(7)17(20-10-3)21-11-4/h12,16-17H,8-11H2,1-7H3/b14-12+,15-13+. The lowest BCUT2D eigenvalue weighted by Gasteiger charge is -2.21. The monoisotopic (exact) mass is 300 g/mol. The second kappa shape index (κ2) is 11.9. The van der Waals surface area contributed by atoms with Gasteiger partial charge >= 0.3 is 0 Å². The summed E-state index contributed by atoms with van der Waals surface area (Å²) in [6.07, 6.45) is 1.50. The van der Waals surface area contributed by atoms with Crippen LogP contribution in [0.1, 0.15) is 48.5 Å². The Balaban J connectivity index is 5.10. The van der Waals surface area contributed by atoms with E-state index < -0.39 is 0 Å². The summed E-state index contributed by atoms with van der Waals surface area (Å²) in [5, 5.41) is 0. The SMILES string of the molecule is CCOC(OCC)/C(C)=C/C(C)=C(\C)C(OCC)OCC. The van der Waals surface area contributed by atoms with Gasteiger partial charge in [-0.15, -0.1) is 0 Å². The smallest absolute Gasteiger partial charge is 0.180 e. The van der Waals surface area contributed by atoms with Crippen molar-refractivity contribution in [3.05, 3.63) is 22.8 Å². The molecule has 0 radical (unpaired) electrons. The molecule has 0 N–H and O–H groups in total. The van der Waals surface area contributed by atoms with E-state index in [2.05, 4.69) is 13.0 Å². The van der Waals surface area contributed by atoms with E-state index in [1.54, 1.807) is 0 Å². The minimum Gasteiger partial charge on any atom is -0.349 e. The maximum absolute atomic E-state index is 5.63. The van der Waals surface area contributed by atoms with Gasteiger partial charge in [0.1, 0.15) is 0 Å². The van der Waals surface area contributed by atoms with E-state index >= 15 is 0 Å². The van der Waals surface area contributed by atoms with E-state index in [1.807, 2.05) is 41.5 Å². The Labute approximate surface area is 130 Å². The molecule has 0 saturated carbocycles. The van der Waals surface area contributed by atoms with Crippen LogP contribution in [-0.4, -0.2) is 39.0 Å². The van der Waals surface area contributed by atoms with Crippen LogP contribution < -0.4 is 0 Å². The van der Waals surface area contributed by atoms with Crippen LogP contribution in [-0.2, 0) is 18.9 Å². The number of hydrogen-bond donors (Lipinski definition) is 0. The van der Waals surface area contributed by atoms with Crippen LogP contribution in [0.15, 0.2) is 22.8 Å². The Bertz CT molecular complexity index is 322. The zero-order valence-corrected chi connectivity index (χ0v) is 14.7. The first-order chi connectivity index (χ1) is 10.0. The quantitative estimate of drug-likeness (QED) is 0.426. The predicted octanol–water partition coefficient (Wildman–Crippen LogP) is 4.07. The molecule has 0 saturated heterocycles. The highest BCUT2D eigenvalue weighted by Gasteiger charge is 2.14. The molecule has 0 aliphatic rings. The average Bonchev–Trinajstić information content (AvgIpc) is 2.45. The highest BCUT2D eigenvalue weighted by molar-refractivity contribution is 5.28. The number of allylic oxidation sites excluding steroid dienone is 2. The van der Waals surface area contributed by atoms with Crippen molar-refractivity contribution in [1.29, 1.82) is 0 Å². The lowest BCUT2D eigenvalue weighted by Crippen LogP contribution is -2.20. The first-order valence-corrected chi connectivity index (χ1v) is 7.83. The highest BCUT2D eigenvalue weighted by atomic mass is 16.7. The summed E-state index contributed by atoms with van der Waals surface area (Å²) in [4.78, 5) is 0. The van der Waals surface area contributed by atoms with Crippen LogP contribution in [0, 0.1) is 0 Å². The van der Waals surface area contributed by atoms with Gasteiger partial charge in [0.2, 0.25) is 0 Å².